The Morgan fingerprint density at radius 3 is 2.32 bits per heavy atom. The van der Waals surface area contributed by atoms with Gasteiger partial charge in [-0.25, -0.2) is 4.79 Å². The summed E-state index contributed by atoms with van der Waals surface area (Å²) in [5, 5.41) is 0. The van der Waals surface area contributed by atoms with Crippen LogP contribution in [0.15, 0.2) is 24.3 Å². The smallest absolute Gasteiger partial charge is 0.293 e. The number of imide groups is 1. The van der Waals surface area contributed by atoms with Crippen LogP contribution in [0.5, 0.6) is 0 Å². The lowest BCUT2D eigenvalue weighted by Gasteiger charge is -2.41. The number of anilines is 1. The van der Waals surface area contributed by atoms with Crippen LogP contribution in [-0.4, -0.2) is 28.9 Å². The van der Waals surface area contributed by atoms with Crippen LogP contribution in [-0.2, 0) is 4.79 Å². The molecular weight excluding hydrogens is 240 g/mol. The molecule has 0 spiro atoms. The fraction of sp³-hybridized carbons (Fsp3) is 0.467. The van der Waals surface area contributed by atoms with Gasteiger partial charge in [-0.2, -0.15) is 0 Å². The molecule has 1 saturated heterocycles. The van der Waals surface area contributed by atoms with Gasteiger partial charge in [0.05, 0.1) is 0 Å². The van der Waals surface area contributed by atoms with Crippen molar-refractivity contribution in [2.24, 2.45) is 0 Å². The maximum atomic E-state index is 12.6. The number of nitrogens with zero attached hydrogens (tertiary/aromatic N) is 2. The molecule has 4 heteroatoms. The zero-order chi connectivity index (χ0) is 14.2. The summed E-state index contributed by atoms with van der Waals surface area (Å²) in [5.74, 6) is -0.0951. The lowest BCUT2D eigenvalue weighted by Crippen LogP contribution is -2.59. The average Bonchev–Trinajstić information content (AvgIpc) is 2.29. The minimum atomic E-state index is -0.491. The first-order valence-corrected chi connectivity index (χ1v) is 6.52. The Kier molecular flexibility index (Phi) is 3.35. The fourth-order valence-electron chi connectivity index (χ4n) is 2.39. The lowest BCUT2D eigenvalue weighted by molar-refractivity contribution is -0.132. The summed E-state index contributed by atoms with van der Waals surface area (Å²) >= 11 is 0. The highest BCUT2D eigenvalue weighted by atomic mass is 16.2. The van der Waals surface area contributed by atoms with E-state index in [0.29, 0.717) is 13.0 Å². The van der Waals surface area contributed by atoms with Crippen LogP contribution in [0.2, 0.25) is 0 Å². The van der Waals surface area contributed by atoms with E-state index in [9.17, 15) is 9.59 Å². The van der Waals surface area contributed by atoms with E-state index in [4.69, 9.17) is 0 Å². The van der Waals surface area contributed by atoms with Crippen molar-refractivity contribution >= 4 is 17.6 Å². The summed E-state index contributed by atoms with van der Waals surface area (Å²) in [6.07, 6.45) is 0.372. The Labute approximate surface area is 114 Å². The quantitative estimate of drug-likeness (QED) is 0.779. The maximum Gasteiger partial charge on any atom is 0.331 e. The molecule has 2 rings (SSSR count). The van der Waals surface area contributed by atoms with Gasteiger partial charge in [0, 0.05) is 24.2 Å². The number of amides is 3. The van der Waals surface area contributed by atoms with Crippen molar-refractivity contribution < 1.29 is 9.59 Å². The molecule has 1 aromatic carbocycles. The number of rotatable bonds is 1. The van der Waals surface area contributed by atoms with Crippen LogP contribution in [0.4, 0.5) is 10.5 Å². The highest BCUT2D eigenvalue weighted by molar-refractivity contribution is 6.06. The molecule has 1 aliphatic rings. The molecule has 4 nitrogen and oxygen atoms in total. The molecule has 0 aromatic heterocycles. The number of aryl methyl sites for hydroxylation is 1. The standard InChI is InChI=1S/C15H20N2O2/c1-11-7-5-6-8-12(11)16-10-9-13(18)17(14(16)19)15(2,3)4/h5-8H,9-10H2,1-4H3. The van der Waals surface area contributed by atoms with Crippen molar-refractivity contribution in [2.75, 3.05) is 11.4 Å². The molecule has 1 aliphatic heterocycles. The Hall–Kier alpha value is -1.84. The third-order valence-corrected chi connectivity index (χ3v) is 3.30. The van der Waals surface area contributed by atoms with Gasteiger partial charge < -0.3 is 0 Å². The Bertz CT molecular complexity index is 517. The molecule has 19 heavy (non-hydrogen) atoms. The molecule has 1 heterocycles. The van der Waals surface area contributed by atoms with Crippen LogP contribution < -0.4 is 4.90 Å². The molecule has 102 valence electrons. The monoisotopic (exact) mass is 260 g/mol. The highest BCUT2D eigenvalue weighted by Crippen LogP contribution is 2.27. The predicted molar refractivity (Wildman–Crippen MR) is 75.1 cm³/mol. The molecule has 0 unspecified atom stereocenters. The second kappa shape index (κ2) is 4.68. The first kappa shape index (κ1) is 13.6. The number of carbonyl (C=O) groups excluding carboxylic acids is 2. The van der Waals surface area contributed by atoms with E-state index < -0.39 is 5.54 Å². The predicted octanol–water partition coefficient (Wildman–Crippen LogP) is 2.95. The van der Waals surface area contributed by atoms with Crippen LogP contribution in [0.25, 0.3) is 0 Å². The summed E-state index contributed by atoms with van der Waals surface area (Å²) in [7, 11) is 0. The van der Waals surface area contributed by atoms with Crippen LogP contribution in [0, 0.1) is 6.92 Å². The first-order valence-electron chi connectivity index (χ1n) is 6.52. The molecule has 3 amide bonds. The fourth-order valence-corrected chi connectivity index (χ4v) is 2.39. The highest BCUT2D eigenvalue weighted by Gasteiger charge is 2.39. The van der Waals surface area contributed by atoms with Crippen LogP contribution >= 0.6 is 0 Å². The van der Waals surface area contributed by atoms with Crippen LogP contribution in [0.3, 0.4) is 0 Å². The van der Waals surface area contributed by atoms with Gasteiger partial charge in [-0.05, 0) is 39.3 Å². The van der Waals surface area contributed by atoms with Gasteiger partial charge in [0.1, 0.15) is 0 Å². The van der Waals surface area contributed by atoms with Gasteiger partial charge in [-0.1, -0.05) is 18.2 Å². The van der Waals surface area contributed by atoms with Crippen molar-refractivity contribution in [3.8, 4) is 0 Å². The number of benzene rings is 1. The van der Waals surface area contributed by atoms with Crippen molar-refractivity contribution in [2.45, 2.75) is 39.7 Å². The summed E-state index contributed by atoms with van der Waals surface area (Å²) in [5.41, 5.74) is 1.43. The minimum absolute atomic E-state index is 0.0951. The Morgan fingerprint density at radius 2 is 1.74 bits per heavy atom. The van der Waals surface area contributed by atoms with Gasteiger partial charge >= 0.3 is 6.03 Å². The van der Waals surface area contributed by atoms with Crippen molar-refractivity contribution in [3.05, 3.63) is 29.8 Å². The first-order chi connectivity index (χ1) is 8.82. The molecule has 0 aliphatic carbocycles. The maximum absolute atomic E-state index is 12.6. The number of para-hydroxylation sites is 1. The summed E-state index contributed by atoms with van der Waals surface area (Å²) in [4.78, 5) is 27.6. The summed E-state index contributed by atoms with van der Waals surface area (Å²) in [6, 6.07) is 7.52. The molecular formula is C15H20N2O2. The summed E-state index contributed by atoms with van der Waals surface area (Å²) < 4.78 is 0. The van der Waals surface area contributed by atoms with E-state index in [0.717, 1.165) is 11.3 Å². The Balaban J connectivity index is 2.38. The minimum Gasteiger partial charge on any atom is -0.293 e. The molecule has 1 fully saturated rings. The van der Waals surface area contributed by atoms with E-state index in [2.05, 4.69) is 0 Å². The third kappa shape index (κ3) is 2.48. The van der Waals surface area contributed by atoms with Gasteiger partial charge in [-0.15, -0.1) is 0 Å². The third-order valence-electron chi connectivity index (χ3n) is 3.30. The summed E-state index contributed by atoms with van der Waals surface area (Å²) in [6.45, 7) is 8.06. The molecule has 1 aromatic rings. The van der Waals surface area contributed by atoms with E-state index in [1.54, 1.807) is 4.90 Å². The molecule has 0 bridgehead atoms. The second-order valence-electron chi connectivity index (χ2n) is 5.87. The van der Waals surface area contributed by atoms with Gasteiger partial charge in [-0.3, -0.25) is 14.6 Å². The lowest BCUT2D eigenvalue weighted by atomic mass is 10.0. The number of hydrogen-bond acceptors (Lipinski definition) is 2. The number of urea groups is 1. The van der Waals surface area contributed by atoms with Gasteiger partial charge in [0.15, 0.2) is 0 Å². The molecule has 0 N–H and O–H groups in total. The number of hydrogen-bond donors (Lipinski definition) is 0. The molecule has 0 saturated carbocycles. The second-order valence-corrected chi connectivity index (χ2v) is 5.87. The van der Waals surface area contributed by atoms with Crippen molar-refractivity contribution in [1.82, 2.24) is 4.90 Å². The zero-order valence-electron chi connectivity index (χ0n) is 11.9. The Morgan fingerprint density at radius 1 is 1.11 bits per heavy atom. The van der Waals surface area contributed by atoms with Crippen LogP contribution in [0.1, 0.15) is 32.8 Å². The van der Waals surface area contributed by atoms with Crippen molar-refractivity contribution in [3.63, 3.8) is 0 Å². The average molecular weight is 260 g/mol. The van der Waals surface area contributed by atoms with Crippen molar-refractivity contribution in [1.29, 1.82) is 0 Å². The van der Waals surface area contributed by atoms with E-state index in [1.165, 1.54) is 4.90 Å². The van der Waals surface area contributed by atoms with E-state index >= 15 is 0 Å². The SMILES string of the molecule is Cc1ccccc1N1CCC(=O)N(C(C)(C)C)C1=O. The molecule has 0 radical (unpaired) electrons. The van der Waals surface area contributed by atoms with E-state index in [1.807, 2.05) is 52.0 Å². The van der Waals surface area contributed by atoms with Gasteiger partial charge in [0.25, 0.3) is 0 Å². The normalized spacial score (nSPS) is 17.1. The van der Waals surface area contributed by atoms with E-state index in [-0.39, 0.29) is 11.9 Å². The van der Waals surface area contributed by atoms with Gasteiger partial charge in [0.2, 0.25) is 5.91 Å². The molecule has 0 atom stereocenters. The zero-order valence-corrected chi connectivity index (χ0v) is 11.9. The largest absolute Gasteiger partial charge is 0.331 e. The number of carbonyl (C=O) groups is 2. The topological polar surface area (TPSA) is 40.6 Å².